The smallest absolute Gasteiger partial charge is 0.405 e. The third-order valence-electron chi connectivity index (χ3n) is 2.57. The molecule has 0 radical (unpaired) electrons. The second-order valence-electron chi connectivity index (χ2n) is 4.55. The van der Waals surface area contributed by atoms with Crippen LogP contribution in [0.3, 0.4) is 0 Å². The summed E-state index contributed by atoms with van der Waals surface area (Å²) >= 11 is 0. The molecule has 1 aliphatic rings. The molecule has 1 aliphatic carbocycles. The molecular weight excluding hydrogens is 218 g/mol. The summed E-state index contributed by atoms with van der Waals surface area (Å²) in [6.45, 7) is 3.56. The van der Waals surface area contributed by atoms with Gasteiger partial charge in [0.15, 0.2) is 0 Å². The van der Waals surface area contributed by atoms with Gasteiger partial charge in [-0.2, -0.15) is 0 Å². The minimum Gasteiger partial charge on any atom is -0.444 e. The average molecular weight is 236 g/mol. The number of hydrogen-bond donors (Lipinski definition) is 3. The first-order chi connectivity index (χ1) is 6.27. The van der Waals surface area contributed by atoms with E-state index in [0.29, 0.717) is 6.42 Å². The number of primary amides is 1. The lowest BCUT2D eigenvalue weighted by molar-refractivity contribution is 0.0300. The minimum atomic E-state index is -0.783. The highest BCUT2D eigenvalue weighted by Crippen LogP contribution is 2.51. The van der Waals surface area contributed by atoms with Crippen molar-refractivity contribution in [2.24, 2.45) is 16.9 Å². The summed E-state index contributed by atoms with van der Waals surface area (Å²) in [5.41, 5.74) is 9.53. The summed E-state index contributed by atoms with van der Waals surface area (Å²) < 4.78 is 4.95. The number of carbonyl (C=O) groups excluding carboxylic acids is 1. The molecule has 1 rings (SSSR count). The van der Waals surface area contributed by atoms with Gasteiger partial charge in [-0.25, -0.2) is 4.79 Å². The third kappa shape index (κ3) is 3.58. The Labute approximate surface area is 95.4 Å². The van der Waals surface area contributed by atoms with Gasteiger partial charge in [0.1, 0.15) is 5.60 Å². The molecule has 88 valence electrons. The van der Waals surface area contributed by atoms with E-state index in [-0.39, 0.29) is 23.7 Å². The van der Waals surface area contributed by atoms with Gasteiger partial charge in [-0.15, -0.1) is 12.4 Å². The van der Waals surface area contributed by atoms with Crippen LogP contribution in [-0.2, 0) is 4.74 Å². The molecule has 0 saturated heterocycles. The standard InChI is InChI=1S/C9H17N3O2.ClH/c1-8(2,14-7(12)13)5-9(3-4-9)6(10)11;/h3-5H2,1-2H3,(H3,10,11)(H2,12,13);1H. The van der Waals surface area contributed by atoms with Crippen molar-refractivity contribution in [2.45, 2.75) is 38.7 Å². The van der Waals surface area contributed by atoms with Gasteiger partial charge in [0.05, 0.1) is 5.84 Å². The summed E-state index contributed by atoms with van der Waals surface area (Å²) in [6, 6.07) is 0. The van der Waals surface area contributed by atoms with Crippen LogP contribution in [0.2, 0.25) is 0 Å². The van der Waals surface area contributed by atoms with Crippen LogP contribution in [0.4, 0.5) is 4.79 Å². The van der Waals surface area contributed by atoms with E-state index in [1.807, 2.05) is 0 Å². The van der Waals surface area contributed by atoms with Crippen molar-refractivity contribution in [3.63, 3.8) is 0 Å². The molecular formula is C9H18ClN3O2. The summed E-state index contributed by atoms with van der Waals surface area (Å²) in [6.07, 6.45) is 1.58. The molecule has 6 heteroatoms. The second-order valence-corrected chi connectivity index (χ2v) is 4.55. The first-order valence-corrected chi connectivity index (χ1v) is 4.60. The molecule has 0 aliphatic heterocycles. The lowest BCUT2D eigenvalue weighted by Gasteiger charge is -2.28. The van der Waals surface area contributed by atoms with E-state index >= 15 is 0 Å². The molecule has 1 fully saturated rings. The fourth-order valence-corrected chi connectivity index (χ4v) is 1.82. The van der Waals surface area contributed by atoms with E-state index in [1.54, 1.807) is 13.8 Å². The number of amidine groups is 1. The van der Waals surface area contributed by atoms with Gasteiger partial charge in [0, 0.05) is 5.41 Å². The Hall–Kier alpha value is -0.970. The quantitative estimate of drug-likeness (QED) is 0.507. The van der Waals surface area contributed by atoms with Gasteiger partial charge in [-0.1, -0.05) is 0 Å². The Morgan fingerprint density at radius 3 is 2.20 bits per heavy atom. The van der Waals surface area contributed by atoms with Crippen LogP contribution in [0.5, 0.6) is 0 Å². The van der Waals surface area contributed by atoms with E-state index in [2.05, 4.69) is 0 Å². The summed E-state index contributed by atoms with van der Waals surface area (Å²) in [7, 11) is 0. The molecule has 5 nitrogen and oxygen atoms in total. The number of ether oxygens (including phenoxy) is 1. The Morgan fingerprint density at radius 2 is 1.93 bits per heavy atom. The molecule has 0 bridgehead atoms. The van der Waals surface area contributed by atoms with E-state index in [1.165, 1.54) is 0 Å². The summed E-state index contributed by atoms with van der Waals surface area (Å²) in [4.78, 5) is 10.6. The molecule has 5 N–H and O–H groups in total. The molecule has 0 heterocycles. The Morgan fingerprint density at radius 1 is 1.47 bits per heavy atom. The van der Waals surface area contributed by atoms with Crippen molar-refractivity contribution >= 4 is 24.3 Å². The monoisotopic (exact) mass is 235 g/mol. The Kier molecular flexibility index (Phi) is 3.99. The van der Waals surface area contributed by atoms with Gasteiger partial charge >= 0.3 is 6.09 Å². The molecule has 1 saturated carbocycles. The highest BCUT2D eigenvalue weighted by Gasteiger charge is 2.50. The number of rotatable bonds is 4. The second kappa shape index (κ2) is 4.26. The Bertz CT molecular complexity index is 275. The van der Waals surface area contributed by atoms with Crippen molar-refractivity contribution in [2.75, 3.05) is 0 Å². The molecule has 0 aromatic rings. The maximum Gasteiger partial charge on any atom is 0.405 e. The number of nitrogens with two attached hydrogens (primary N) is 2. The van der Waals surface area contributed by atoms with Crippen LogP contribution in [0.15, 0.2) is 0 Å². The lowest BCUT2D eigenvalue weighted by atomic mass is 9.90. The number of halogens is 1. The van der Waals surface area contributed by atoms with Crippen LogP contribution in [0, 0.1) is 10.8 Å². The SMILES string of the molecule is CC(C)(CC1(C(=N)N)CC1)OC(N)=O.Cl. The zero-order valence-electron chi connectivity index (χ0n) is 9.00. The van der Waals surface area contributed by atoms with Gasteiger partial charge in [-0.05, 0) is 33.1 Å². The van der Waals surface area contributed by atoms with E-state index in [9.17, 15) is 4.79 Å². The molecule has 1 amide bonds. The van der Waals surface area contributed by atoms with Gasteiger partial charge in [0.2, 0.25) is 0 Å². The lowest BCUT2D eigenvalue weighted by Crippen LogP contribution is -2.37. The van der Waals surface area contributed by atoms with Crippen molar-refractivity contribution < 1.29 is 9.53 Å². The zero-order valence-corrected chi connectivity index (χ0v) is 9.82. The van der Waals surface area contributed by atoms with Crippen molar-refractivity contribution in [1.29, 1.82) is 5.41 Å². The molecule has 0 aromatic heterocycles. The highest BCUT2D eigenvalue weighted by atomic mass is 35.5. The Balaban J connectivity index is 0.00000196. The molecule has 0 unspecified atom stereocenters. The third-order valence-corrected chi connectivity index (χ3v) is 2.57. The fourth-order valence-electron chi connectivity index (χ4n) is 1.82. The summed E-state index contributed by atoms with van der Waals surface area (Å²) in [5, 5.41) is 7.43. The fraction of sp³-hybridized carbons (Fsp3) is 0.778. The maximum atomic E-state index is 10.6. The number of hydrogen-bond acceptors (Lipinski definition) is 3. The predicted octanol–water partition coefficient (Wildman–Crippen LogP) is 1.39. The van der Waals surface area contributed by atoms with E-state index in [0.717, 1.165) is 12.8 Å². The van der Waals surface area contributed by atoms with E-state index < -0.39 is 11.7 Å². The van der Waals surface area contributed by atoms with Crippen molar-refractivity contribution in [3.05, 3.63) is 0 Å². The van der Waals surface area contributed by atoms with Crippen molar-refractivity contribution in [1.82, 2.24) is 0 Å². The van der Waals surface area contributed by atoms with Gasteiger partial charge in [0.25, 0.3) is 0 Å². The first kappa shape index (κ1) is 14.0. The normalized spacial score (nSPS) is 17.5. The molecule has 0 spiro atoms. The van der Waals surface area contributed by atoms with Crippen molar-refractivity contribution in [3.8, 4) is 0 Å². The zero-order chi connectivity index (χ0) is 11.0. The average Bonchev–Trinajstić information content (AvgIpc) is 2.64. The van der Waals surface area contributed by atoms with Crippen LogP contribution in [0.1, 0.15) is 33.1 Å². The number of nitrogens with one attached hydrogen (secondary N) is 1. The topological polar surface area (TPSA) is 102 Å². The van der Waals surface area contributed by atoms with Gasteiger partial charge in [-0.3, -0.25) is 5.41 Å². The number of carbonyl (C=O) groups is 1. The molecule has 0 aromatic carbocycles. The first-order valence-electron chi connectivity index (χ1n) is 4.60. The summed E-state index contributed by atoms with van der Waals surface area (Å²) in [5.74, 6) is 0.179. The maximum absolute atomic E-state index is 10.6. The van der Waals surface area contributed by atoms with Crippen LogP contribution < -0.4 is 11.5 Å². The molecule has 0 atom stereocenters. The molecule has 15 heavy (non-hydrogen) atoms. The highest BCUT2D eigenvalue weighted by molar-refractivity contribution is 5.86. The van der Waals surface area contributed by atoms with Gasteiger partial charge < -0.3 is 16.2 Å². The number of amides is 1. The minimum absolute atomic E-state index is 0. The van der Waals surface area contributed by atoms with Crippen LogP contribution in [-0.4, -0.2) is 17.5 Å². The largest absolute Gasteiger partial charge is 0.444 e. The predicted molar refractivity (Wildman–Crippen MR) is 60.2 cm³/mol. The van der Waals surface area contributed by atoms with Crippen LogP contribution >= 0.6 is 12.4 Å². The van der Waals surface area contributed by atoms with Crippen LogP contribution in [0.25, 0.3) is 0 Å². The van der Waals surface area contributed by atoms with E-state index in [4.69, 9.17) is 21.6 Å².